The molecule has 162 valence electrons. The molecule has 1 atom stereocenters. The molecule has 8 heteroatoms. The fourth-order valence-corrected chi connectivity index (χ4v) is 5.77. The lowest BCUT2D eigenvalue weighted by molar-refractivity contribution is -0.120. The van der Waals surface area contributed by atoms with Crippen molar-refractivity contribution in [3.05, 3.63) is 48.0 Å². The molecule has 0 spiro atoms. The second kappa shape index (κ2) is 9.85. The average Bonchev–Trinajstić information content (AvgIpc) is 2.75. The van der Waals surface area contributed by atoms with Gasteiger partial charge in [0.15, 0.2) is 0 Å². The van der Waals surface area contributed by atoms with Gasteiger partial charge in [-0.25, -0.2) is 8.42 Å². The van der Waals surface area contributed by atoms with Crippen LogP contribution < -0.4 is 10.1 Å². The largest absolute Gasteiger partial charge is 0.494 e. The summed E-state index contributed by atoms with van der Waals surface area (Å²) in [6.45, 7) is 4.84. The normalized spacial score (nSPS) is 17.5. The highest BCUT2D eigenvalue weighted by molar-refractivity contribution is 7.98. The molecule has 6 nitrogen and oxygen atoms in total. The van der Waals surface area contributed by atoms with Crippen LogP contribution in [-0.2, 0) is 14.8 Å². The molecule has 3 rings (SSSR count). The smallest absolute Gasteiger partial charge is 0.243 e. The van der Waals surface area contributed by atoms with E-state index in [1.807, 2.05) is 44.4 Å². The van der Waals surface area contributed by atoms with Crippen LogP contribution in [-0.4, -0.2) is 44.6 Å². The van der Waals surface area contributed by atoms with Gasteiger partial charge in [0, 0.05) is 18.0 Å². The summed E-state index contributed by atoms with van der Waals surface area (Å²) in [6, 6.07) is 12.5. The van der Waals surface area contributed by atoms with Crippen molar-refractivity contribution < 1.29 is 17.9 Å². The van der Waals surface area contributed by atoms with Gasteiger partial charge in [-0.15, -0.1) is 11.8 Å². The van der Waals surface area contributed by atoms with Gasteiger partial charge < -0.3 is 10.1 Å². The fraction of sp³-hybridized carbons (Fsp3) is 0.409. The van der Waals surface area contributed by atoms with Gasteiger partial charge in [-0.2, -0.15) is 4.31 Å². The molecule has 2 aromatic carbocycles. The first kappa shape index (κ1) is 22.7. The Balaban J connectivity index is 1.75. The fourth-order valence-electron chi connectivity index (χ4n) is 3.61. The molecule has 1 aliphatic heterocycles. The molecule has 0 aromatic heterocycles. The lowest BCUT2D eigenvalue weighted by Crippen LogP contribution is -2.43. The van der Waals surface area contributed by atoms with E-state index in [9.17, 15) is 13.2 Å². The van der Waals surface area contributed by atoms with E-state index >= 15 is 0 Å². The standard InChI is InChI=1S/C22H28N2O4S2/c1-4-28-20-12-11-18(14-16(20)2)30(26,27)24-13-7-8-17(15-24)22(25)23-19-9-5-6-10-21(19)29-3/h5-6,9-12,14,17H,4,7-8,13,15H2,1-3H3,(H,23,25)/t17-/m1/s1. The Morgan fingerprint density at radius 1 is 1.27 bits per heavy atom. The zero-order chi connectivity index (χ0) is 21.7. The van der Waals surface area contributed by atoms with E-state index in [2.05, 4.69) is 5.32 Å². The van der Waals surface area contributed by atoms with Crippen LogP contribution in [0.1, 0.15) is 25.3 Å². The van der Waals surface area contributed by atoms with Gasteiger partial charge in [0.25, 0.3) is 0 Å². The van der Waals surface area contributed by atoms with E-state index in [0.29, 0.717) is 31.7 Å². The summed E-state index contributed by atoms with van der Waals surface area (Å²) in [4.78, 5) is 14.1. The van der Waals surface area contributed by atoms with Crippen LogP contribution in [0, 0.1) is 12.8 Å². The lowest BCUT2D eigenvalue weighted by atomic mass is 9.99. The molecule has 2 aromatic rings. The Bertz CT molecular complexity index is 1010. The second-order valence-electron chi connectivity index (χ2n) is 7.25. The van der Waals surface area contributed by atoms with Crippen molar-refractivity contribution in [2.24, 2.45) is 5.92 Å². The number of anilines is 1. The molecule has 1 aliphatic rings. The maximum absolute atomic E-state index is 13.2. The third-order valence-corrected chi connectivity index (χ3v) is 7.86. The van der Waals surface area contributed by atoms with Gasteiger partial charge in [-0.05, 0) is 68.8 Å². The zero-order valence-electron chi connectivity index (χ0n) is 17.6. The SMILES string of the molecule is CCOc1ccc(S(=O)(=O)N2CCC[C@@H](C(=O)Nc3ccccc3SC)C2)cc1C. The zero-order valence-corrected chi connectivity index (χ0v) is 19.2. The number of carbonyl (C=O) groups excluding carboxylic acids is 1. The summed E-state index contributed by atoms with van der Waals surface area (Å²) < 4.78 is 33.3. The summed E-state index contributed by atoms with van der Waals surface area (Å²) in [6.07, 6.45) is 3.28. The maximum Gasteiger partial charge on any atom is 0.243 e. The third-order valence-electron chi connectivity index (χ3n) is 5.20. The highest BCUT2D eigenvalue weighted by Gasteiger charge is 2.33. The average molecular weight is 449 g/mol. The number of ether oxygens (including phenoxy) is 1. The highest BCUT2D eigenvalue weighted by atomic mass is 32.2. The van der Waals surface area contributed by atoms with Crippen LogP contribution >= 0.6 is 11.8 Å². The van der Waals surface area contributed by atoms with Gasteiger partial charge >= 0.3 is 0 Å². The number of para-hydroxylation sites is 1. The van der Waals surface area contributed by atoms with Crippen LogP contribution in [0.5, 0.6) is 5.75 Å². The number of sulfonamides is 1. The molecule has 0 radical (unpaired) electrons. The number of amides is 1. The number of nitrogens with zero attached hydrogens (tertiary/aromatic N) is 1. The number of thioether (sulfide) groups is 1. The molecular weight excluding hydrogens is 420 g/mol. The molecule has 0 unspecified atom stereocenters. The number of rotatable bonds is 7. The van der Waals surface area contributed by atoms with E-state index in [1.165, 1.54) is 4.31 Å². The monoisotopic (exact) mass is 448 g/mol. The molecule has 1 N–H and O–H groups in total. The van der Waals surface area contributed by atoms with Crippen molar-refractivity contribution in [1.29, 1.82) is 0 Å². The Hall–Kier alpha value is -2.03. The molecule has 1 amide bonds. The van der Waals surface area contributed by atoms with Crippen molar-refractivity contribution in [2.45, 2.75) is 36.5 Å². The minimum Gasteiger partial charge on any atom is -0.494 e. The summed E-state index contributed by atoms with van der Waals surface area (Å²) in [7, 11) is -3.67. The number of nitrogens with one attached hydrogen (secondary N) is 1. The number of aryl methyl sites for hydroxylation is 1. The summed E-state index contributed by atoms with van der Waals surface area (Å²) in [5.41, 5.74) is 1.54. The number of benzene rings is 2. The number of piperidine rings is 1. The van der Waals surface area contributed by atoms with E-state index in [0.717, 1.165) is 16.1 Å². The molecule has 1 heterocycles. The second-order valence-corrected chi connectivity index (χ2v) is 10.0. The van der Waals surface area contributed by atoms with Crippen molar-refractivity contribution in [3.8, 4) is 5.75 Å². The molecule has 0 bridgehead atoms. The number of hydrogen-bond donors (Lipinski definition) is 1. The Labute approximate surface area is 183 Å². The van der Waals surface area contributed by atoms with Crippen LogP contribution in [0.25, 0.3) is 0 Å². The molecule has 1 saturated heterocycles. The van der Waals surface area contributed by atoms with Crippen molar-refractivity contribution >= 4 is 33.4 Å². The molecule has 1 fully saturated rings. The van der Waals surface area contributed by atoms with Crippen LogP contribution in [0.15, 0.2) is 52.3 Å². The van der Waals surface area contributed by atoms with Crippen molar-refractivity contribution in [1.82, 2.24) is 4.31 Å². The van der Waals surface area contributed by atoms with Gasteiger partial charge in [0.2, 0.25) is 15.9 Å². The molecule has 0 saturated carbocycles. The summed E-state index contributed by atoms with van der Waals surface area (Å²) >= 11 is 1.56. The van der Waals surface area contributed by atoms with Gasteiger partial charge in [0.05, 0.1) is 23.1 Å². The van der Waals surface area contributed by atoms with Gasteiger partial charge in [-0.1, -0.05) is 12.1 Å². The Morgan fingerprint density at radius 3 is 2.73 bits per heavy atom. The predicted molar refractivity (Wildman–Crippen MR) is 121 cm³/mol. The van der Waals surface area contributed by atoms with E-state index in [1.54, 1.807) is 30.0 Å². The number of carbonyl (C=O) groups is 1. The first-order valence-electron chi connectivity index (χ1n) is 10.0. The number of hydrogen-bond acceptors (Lipinski definition) is 5. The highest BCUT2D eigenvalue weighted by Crippen LogP contribution is 2.29. The van der Waals surface area contributed by atoms with Gasteiger partial charge in [-0.3, -0.25) is 4.79 Å². The van der Waals surface area contributed by atoms with Crippen LogP contribution in [0.4, 0.5) is 5.69 Å². The predicted octanol–water partition coefficient (Wildman–Crippen LogP) is 4.16. The molecular formula is C22H28N2O4S2. The molecule has 0 aliphatic carbocycles. The van der Waals surface area contributed by atoms with Crippen LogP contribution in [0.3, 0.4) is 0 Å². The van der Waals surface area contributed by atoms with Gasteiger partial charge in [0.1, 0.15) is 5.75 Å². The Morgan fingerprint density at radius 2 is 2.03 bits per heavy atom. The summed E-state index contributed by atoms with van der Waals surface area (Å²) in [5.74, 6) is 0.159. The first-order valence-corrected chi connectivity index (χ1v) is 12.7. The van der Waals surface area contributed by atoms with E-state index in [4.69, 9.17) is 4.74 Å². The van der Waals surface area contributed by atoms with E-state index < -0.39 is 10.0 Å². The topological polar surface area (TPSA) is 75.7 Å². The van der Waals surface area contributed by atoms with Crippen molar-refractivity contribution in [2.75, 3.05) is 31.3 Å². The van der Waals surface area contributed by atoms with Crippen LogP contribution in [0.2, 0.25) is 0 Å². The minimum absolute atomic E-state index is 0.140. The quantitative estimate of drug-likeness (QED) is 0.644. The maximum atomic E-state index is 13.2. The third kappa shape index (κ3) is 4.99. The summed E-state index contributed by atoms with van der Waals surface area (Å²) in [5, 5.41) is 2.98. The lowest BCUT2D eigenvalue weighted by Gasteiger charge is -2.31. The minimum atomic E-state index is -3.67. The van der Waals surface area contributed by atoms with E-state index in [-0.39, 0.29) is 23.3 Å². The van der Waals surface area contributed by atoms with Crippen molar-refractivity contribution in [3.63, 3.8) is 0 Å². The molecule has 30 heavy (non-hydrogen) atoms. The Kier molecular flexibility index (Phi) is 7.44. The first-order chi connectivity index (χ1) is 14.4.